The monoisotopic (exact) mass is 339 g/mol. The Morgan fingerprint density at radius 2 is 2.16 bits per heavy atom. The van der Waals surface area contributed by atoms with E-state index in [0.29, 0.717) is 13.0 Å². The van der Waals surface area contributed by atoms with Crippen molar-refractivity contribution >= 4 is 17.0 Å². The number of benzene rings is 1. The van der Waals surface area contributed by atoms with Crippen LogP contribution in [0.15, 0.2) is 36.9 Å². The number of hydrogen-bond acceptors (Lipinski definition) is 6. The fourth-order valence-electron chi connectivity index (χ4n) is 3.52. The summed E-state index contributed by atoms with van der Waals surface area (Å²) >= 11 is 0. The Labute approximate surface area is 145 Å². The van der Waals surface area contributed by atoms with Crippen LogP contribution in [0.5, 0.6) is 5.75 Å². The molecule has 7 heteroatoms. The van der Waals surface area contributed by atoms with Crippen molar-refractivity contribution in [3.05, 3.63) is 42.5 Å². The Morgan fingerprint density at radius 3 is 2.96 bits per heavy atom. The predicted octanol–water partition coefficient (Wildman–Crippen LogP) is 2.17. The first-order chi connectivity index (χ1) is 12.2. The fraction of sp³-hybridized carbons (Fsp3) is 0.389. The average Bonchev–Trinajstić information content (AvgIpc) is 3.24. The summed E-state index contributed by atoms with van der Waals surface area (Å²) in [5, 5.41) is 10.3. The number of hydrogen-bond donors (Lipinski definition) is 1. The van der Waals surface area contributed by atoms with E-state index in [9.17, 15) is 5.11 Å². The molecule has 1 aliphatic heterocycles. The average molecular weight is 339 g/mol. The lowest BCUT2D eigenvalue weighted by Crippen LogP contribution is -2.25. The number of rotatable bonds is 4. The first-order valence-corrected chi connectivity index (χ1v) is 8.45. The summed E-state index contributed by atoms with van der Waals surface area (Å²) in [5.41, 5.74) is 2.68. The number of fused-ring (bicyclic) bond motifs is 1. The zero-order chi connectivity index (χ0) is 17.4. The second-order valence-electron chi connectivity index (χ2n) is 6.23. The van der Waals surface area contributed by atoms with Crippen molar-refractivity contribution in [2.45, 2.75) is 32.0 Å². The largest absolute Gasteiger partial charge is 0.497 e. The van der Waals surface area contributed by atoms with E-state index in [1.165, 1.54) is 0 Å². The van der Waals surface area contributed by atoms with Gasteiger partial charge in [0.15, 0.2) is 17.0 Å². The SMILES string of the molecule is CCn1cnc2c(N3C[C@H](O)C[C@@H]3c3cccc(OC)c3)ncnc21. The number of aliphatic hydroxyl groups excluding tert-OH is 1. The van der Waals surface area contributed by atoms with Gasteiger partial charge in [0.1, 0.15) is 12.1 Å². The maximum atomic E-state index is 10.3. The van der Waals surface area contributed by atoms with Crippen molar-refractivity contribution in [3.63, 3.8) is 0 Å². The summed E-state index contributed by atoms with van der Waals surface area (Å²) < 4.78 is 7.34. The molecule has 0 unspecified atom stereocenters. The third kappa shape index (κ3) is 2.70. The van der Waals surface area contributed by atoms with E-state index < -0.39 is 6.10 Å². The lowest BCUT2D eigenvalue weighted by molar-refractivity contribution is 0.194. The zero-order valence-corrected chi connectivity index (χ0v) is 14.3. The van der Waals surface area contributed by atoms with Gasteiger partial charge in [0, 0.05) is 13.1 Å². The standard InChI is InChI=1S/C18H21N5O2/c1-3-22-11-21-16-17(22)19-10-20-18(16)23-9-13(24)8-15(23)12-5-4-6-14(7-12)25-2/h4-7,10-11,13,15,24H,3,8-9H2,1-2H3/t13-,15-/m1/s1. The normalized spacial score (nSPS) is 20.4. The lowest BCUT2D eigenvalue weighted by Gasteiger charge is -2.26. The molecule has 7 nitrogen and oxygen atoms in total. The number of aryl methyl sites for hydroxylation is 1. The smallest absolute Gasteiger partial charge is 0.165 e. The van der Waals surface area contributed by atoms with Crippen LogP contribution in [-0.4, -0.2) is 44.4 Å². The van der Waals surface area contributed by atoms with E-state index in [4.69, 9.17) is 4.74 Å². The van der Waals surface area contributed by atoms with E-state index in [1.807, 2.05) is 22.8 Å². The molecule has 0 amide bonds. The van der Waals surface area contributed by atoms with Crippen LogP contribution in [0.4, 0.5) is 5.82 Å². The molecule has 1 saturated heterocycles. The highest BCUT2D eigenvalue weighted by Crippen LogP contribution is 2.38. The van der Waals surface area contributed by atoms with Crippen LogP contribution in [0.25, 0.3) is 11.2 Å². The van der Waals surface area contributed by atoms with Crippen LogP contribution in [0.2, 0.25) is 0 Å². The second kappa shape index (κ2) is 6.33. The van der Waals surface area contributed by atoms with Crippen LogP contribution in [0, 0.1) is 0 Å². The van der Waals surface area contributed by atoms with Crippen molar-refractivity contribution < 1.29 is 9.84 Å². The summed E-state index contributed by atoms with van der Waals surface area (Å²) in [6.45, 7) is 3.38. The topological polar surface area (TPSA) is 76.3 Å². The molecule has 4 rings (SSSR count). The van der Waals surface area contributed by atoms with Crippen LogP contribution in [0.1, 0.15) is 24.9 Å². The van der Waals surface area contributed by atoms with Crippen LogP contribution in [0.3, 0.4) is 0 Å². The molecule has 3 heterocycles. The quantitative estimate of drug-likeness (QED) is 0.785. The van der Waals surface area contributed by atoms with Gasteiger partial charge in [0.25, 0.3) is 0 Å². The molecule has 130 valence electrons. The van der Waals surface area contributed by atoms with Crippen LogP contribution >= 0.6 is 0 Å². The Bertz CT molecular complexity index is 894. The molecule has 1 fully saturated rings. The summed E-state index contributed by atoms with van der Waals surface area (Å²) in [7, 11) is 1.66. The predicted molar refractivity (Wildman–Crippen MR) is 94.7 cm³/mol. The Kier molecular flexibility index (Phi) is 4.01. The molecule has 0 spiro atoms. The van der Waals surface area contributed by atoms with E-state index in [1.54, 1.807) is 19.8 Å². The van der Waals surface area contributed by atoms with Crippen LogP contribution in [-0.2, 0) is 6.54 Å². The number of nitrogens with zero attached hydrogens (tertiary/aromatic N) is 5. The minimum Gasteiger partial charge on any atom is -0.497 e. The van der Waals surface area contributed by atoms with E-state index >= 15 is 0 Å². The van der Waals surface area contributed by atoms with Gasteiger partial charge < -0.3 is 19.3 Å². The molecule has 25 heavy (non-hydrogen) atoms. The molecular formula is C18H21N5O2. The highest BCUT2D eigenvalue weighted by molar-refractivity contribution is 5.83. The van der Waals surface area contributed by atoms with Gasteiger partial charge in [-0.1, -0.05) is 12.1 Å². The summed E-state index contributed by atoms with van der Waals surface area (Å²) in [6, 6.07) is 7.98. The molecule has 3 aromatic rings. The summed E-state index contributed by atoms with van der Waals surface area (Å²) in [5.74, 6) is 1.57. The minimum atomic E-state index is -0.408. The molecule has 1 aromatic carbocycles. The number of ether oxygens (including phenoxy) is 1. The highest BCUT2D eigenvalue weighted by atomic mass is 16.5. The number of methoxy groups -OCH3 is 1. The second-order valence-corrected chi connectivity index (χ2v) is 6.23. The number of β-amino-alcohol motifs (C(OH)–C–C–N with tert-alkyl or cyclic N) is 1. The molecular weight excluding hydrogens is 318 g/mol. The maximum absolute atomic E-state index is 10.3. The third-order valence-electron chi connectivity index (χ3n) is 4.75. The Balaban J connectivity index is 1.79. The van der Waals surface area contributed by atoms with Gasteiger partial charge in [0.05, 0.1) is 25.6 Å². The molecule has 0 radical (unpaired) electrons. The van der Waals surface area contributed by atoms with E-state index in [2.05, 4.69) is 32.8 Å². The van der Waals surface area contributed by atoms with Crippen molar-refractivity contribution in [1.82, 2.24) is 19.5 Å². The van der Waals surface area contributed by atoms with Gasteiger partial charge in [0.2, 0.25) is 0 Å². The van der Waals surface area contributed by atoms with Crippen molar-refractivity contribution in [3.8, 4) is 5.75 Å². The molecule has 0 bridgehead atoms. The number of anilines is 1. The molecule has 0 saturated carbocycles. The molecule has 2 atom stereocenters. The maximum Gasteiger partial charge on any atom is 0.165 e. The van der Waals surface area contributed by atoms with Crippen LogP contribution < -0.4 is 9.64 Å². The highest BCUT2D eigenvalue weighted by Gasteiger charge is 2.34. The molecule has 0 aliphatic carbocycles. The number of imidazole rings is 1. The van der Waals surface area contributed by atoms with Crippen molar-refractivity contribution in [2.24, 2.45) is 0 Å². The number of aliphatic hydroxyl groups is 1. The Morgan fingerprint density at radius 1 is 1.28 bits per heavy atom. The summed E-state index contributed by atoms with van der Waals surface area (Å²) in [4.78, 5) is 15.5. The first kappa shape index (κ1) is 15.8. The van der Waals surface area contributed by atoms with Gasteiger partial charge in [-0.25, -0.2) is 15.0 Å². The minimum absolute atomic E-state index is 0.0231. The number of aromatic nitrogens is 4. The van der Waals surface area contributed by atoms with Gasteiger partial charge in [-0.3, -0.25) is 0 Å². The summed E-state index contributed by atoms with van der Waals surface area (Å²) in [6.07, 6.45) is 3.59. The van der Waals surface area contributed by atoms with Gasteiger partial charge >= 0.3 is 0 Å². The molecule has 2 aromatic heterocycles. The zero-order valence-electron chi connectivity index (χ0n) is 14.3. The van der Waals surface area contributed by atoms with E-state index in [-0.39, 0.29) is 6.04 Å². The van der Waals surface area contributed by atoms with Crippen molar-refractivity contribution in [2.75, 3.05) is 18.6 Å². The molecule has 1 aliphatic rings. The van der Waals surface area contributed by atoms with Gasteiger partial charge in [-0.15, -0.1) is 0 Å². The molecule has 1 N–H and O–H groups in total. The third-order valence-corrected chi connectivity index (χ3v) is 4.75. The fourth-order valence-corrected chi connectivity index (χ4v) is 3.52. The first-order valence-electron chi connectivity index (χ1n) is 8.45. The van der Waals surface area contributed by atoms with Gasteiger partial charge in [-0.2, -0.15) is 0 Å². The van der Waals surface area contributed by atoms with E-state index in [0.717, 1.165) is 34.8 Å². The van der Waals surface area contributed by atoms with Gasteiger partial charge in [-0.05, 0) is 31.0 Å². The Hall–Kier alpha value is -2.67. The lowest BCUT2D eigenvalue weighted by atomic mass is 10.0. The van der Waals surface area contributed by atoms with Crippen molar-refractivity contribution in [1.29, 1.82) is 0 Å².